The zero-order chi connectivity index (χ0) is 9.42. The van der Waals surface area contributed by atoms with E-state index in [2.05, 4.69) is 10.2 Å². The molecule has 2 rings (SSSR count). The van der Waals surface area contributed by atoms with E-state index in [1.807, 2.05) is 0 Å². The van der Waals surface area contributed by atoms with Gasteiger partial charge in [0, 0.05) is 5.39 Å². The molecule has 1 heterocycles. The van der Waals surface area contributed by atoms with E-state index >= 15 is 0 Å². The Kier molecular flexibility index (Phi) is 1.70. The fraction of sp³-hybridized carbons (Fsp3) is 0. The Labute approximate surface area is 78.1 Å². The van der Waals surface area contributed by atoms with Crippen LogP contribution < -0.4 is 0 Å². The second-order valence-electron chi connectivity index (χ2n) is 2.58. The Balaban J connectivity index is 2.95. The topological polar surface area (TPSA) is 65.5 Å². The van der Waals surface area contributed by atoms with E-state index in [1.165, 1.54) is 0 Å². The average Bonchev–Trinajstić information content (AvgIpc) is 2.44. The number of benzene rings is 1. The second kappa shape index (κ2) is 2.74. The number of halogens is 1. The third-order valence-electron chi connectivity index (χ3n) is 1.83. The van der Waals surface area contributed by atoms with Crippen LogP contribution in [0.4, 0.5) is 5.82 Å². The largest absolute Gasteiger partial charge is 0.494 e. The predicted molar refractivity (Wildman–Crippen MR) is 50.4 cm³/mol. The minimum absolute atomic E-state index is 0.0926. The molecular formula is C8H5ClN2O2. The standard InChI is InChI=1S/C8H5ClN2O2/c9-5-3-1-2-4-6(5)8(12)10-7(4)11-13/h1-3,10,12H. The summed E-state index contributed by atoms with van der Waals surface area (Å²) in [7, 11) is 0. The fourth-order valence-corrected chi connectivity index (χ4v) is 1.54. The number of aromatic amines is 1. The average molecular weight is 197 g/mol. The van der Waals surface area contributed by atoms with E-state index in [4.69, 9.17) is 11.6 Å². The van der Waals surface area contributed by atoms with Gasteiger partial charge in [0.2, 0.25) is 0 Å². The highest BCUT2D eigenvalue weighted by atomic mass is 35.5. The van der Waals surface area contributed by atoms with E-state index in [1.54, 1.807) is 18.2 Å². The molecule has 5 heteroatoms. The van der Waals surface area contributed by atoms with Crippen molar-refractivity contribution in [2.45, 2.75) is 0 Å². The van der Waals surface area contributed by atoms with Crippen LogP contribution in [-0.2, 0) is 0 Å². The molecule has 0 bridgehead atoms. The van der Waals surface area contributed by atoms with Gasteiger partial charge in [-0.25, -0.2) is 0 Å². The van der Waals surface area contributed by atoms with Gasteiger partial charge in [-0.05, 0) is 11.2 Å². The maximum absolute atomic E-state index is 10.3. The molecule has 1 aromatic heterocycles. The van der Waals surface area contributed by atoms with Gasteiger partial charge in [-0.2, -0.15) is 0 Å². The molecule has 0 spiro atoms. The number of aromatic nitrogens is 1. The number of hydrogen-bond donors (Lipinski definition) is 2. The van der Waals surface area contributed by atoms with Crippen LogP contribution >= 0.6 is 11.6 Å². The molecule has 0 aliphatic heterocycles. The molecule has 1 aromatic carbocycles. The van der Waals surface area contributed by atoms with Gasteiger partial charge in [-0.15, -0.1) is 4.91 Å². The Morgan fingerprint density at radius 2 is 2.23 bits per heavy atom. The van der Waals surface area contributed by atoms with Crippen LogP contribution in [0.1, 0.15) is 0 Å². The lowest BCUT2D eigenvalue weighted by atomic mass is 10.2. The van der Waals surface area contributed by atoms with Crippen molar-refractivity contribution in [2.75, 3.05) is 0 Å². The molecule has 0 fully saturated rings. The lowest BCUT2D eigenvalue weighted by Crippen LogP contribution is -1.66. The van der Waals surface area contributed by atoms with E-state index < -0.39 is 0 Å². The first-order valence-electron chi connectivity index (χ1n) is 3.56. The summed E-state index contributed by atoms with van der Waals surface area (Å²) in [5.41, 5.74) is 0. The molecule has 66 valence electrons. The number of fused-ring (bicyclic) bond motifs is 1. The summed E-state index contributed by atoms with van der Waals surface area (Å²) in [6, 6.07) is 4.98. The fourth-order valence-electron chi connectivity index (χ4n) is 1.28. The molecule has 0 saturated carbocycles. The number of nitrogens with one attached hydrogen (secondary N) is 1. The summed E-state index contributed by atoms with van der Waals surface area (Å²) in [5, 5.41) is 13.4. The van der Waals surface area contributed by atoms with Crippen LogP contribution in [0.3, 0.4) is 0 Å². The van der Waals surface area contributed by atoms with Crippen molar-refractivity contribution in [1.82, 2.24) is 4.98 Å². The van der Waals surface area contributed by atoms with Gasteiger partial charge in [0.25, 0.3) is 0 Å². The first-order valence-corrected chi connectivity index (χ1v) is 3.94. The molecule has 0 unspecified atom stereocenters. The Hall–Kier alpha value is -1.55. The van der Waals surface area contributed by atoms with Gasteiger partial charge in [0.15, 0.2) is 11.7 Å². The zero-order valence-electron chi connectivity index (χ0n) is 6.41. The van der Waals surface area contributed by atoms with Gasteiger partial charge >= 0.3 is 0 Å². The van der Waals surface area contributed by atoms with Gasteiger partial charge < -0.3 is 10.1 Å². The third kappa shape index (κ3) is 1.07. The molecule has 0 atom stereocenters. The lowest BCUT2D eigenvalue weighted by molar-refractivity contribution is 0.463. The first kappa shape index (κ1) is 8.07. The van der Waals surface area contributed by atoms with Crippen LogP contribution in [0, 0.1) is 4.91 Å². The van der Waals surface area contributed by atoms with Crippen molar-refractivity contribution < 1.29 is 5.11 Å². The van der Waals surface area contributed by atoms with Crippen LogP contribution in [0.5, 0.6) is 5.88 Å². The molecule has 4 nitrogen and oxygen atoms in total. The van der Waals surface area contributed by atoms with Gasteiger partial charge in [0.1, 0.15) is 0 Å². The van der Waals surface area contributed by atoms with Gasteiger partial charge in [-0.3, -0.25) is 0 Å². The predicted octanol–water partition coefficient (Wildman–Crippen LogP) is 2.92. The summed E-state index contributed by atoms with van der Waals surface area (Å²) in [6.07, 6.45) is 0. The van der Waals surface area contributed by atoms with E-state index in [0.29, 0.717) is 15.8 Å². The highest BCUT2D eigenvalue weighted by Gasteiger charge is 2.11. The SMILES string of the molecule is O=Nc1[nH]c(O)c2c(Cl)cccc12. The second-order valence-corrected chi connectivity index (χ2v) is 2.98. The summed E-state index contributed by atoms with van der Waals surface area (Å²) in [4.78, 5) is 12.7. The number of nitrogens with zero attached hydrogens (tertiary/aromatic N) is 1. The third-order valence-corrected chi connectivity index (χ3v) is 2.15. The summed E-state index contributed by atoms with van der Waals surface area (Å²) in [5.74, 6) is -0.0369. The van der Waals surface area contributed by atoms with Crippen LogP contribution in [0.25, 0.3) is 10.8 Å². The number of aromatic hydroxyl groups is 1. The number of hydrogen-bond acceptors (Lipinski definition) is 3. The van der Waals surface area contributed by atoms with Crippen molar-refractivity contribution >= 4 is 28.2 Å². The van der Waals surface area contributed by atoms with Crippen LogP contribution in [0.2, 0.25) is 5.02 Å². The molecule has 0 saturated heterocycles. The maximum Gasteiger partial charge on any atom is 0.199 e. The molecule has 0 aliphatic rings. The molecule has 0 radical (unpaired) electrons. The Bertz CT molecular complexity index is 478. The molecule has 0 aliphatic carbocycles. The van der Waals surface area contributed by atoms with Crippen molar-refractivity contribution in [1.29, 1.82) is 0 Å². The summed E-state index contributed by atoms with van der Waals surface area (Å²) in [6.45, 7) is 0. The van der Waals surface area contributed by atoms with Crippen molar-refractivity contribution in [3.8, 4) is 5.88 Å². The molecule has 0 amide bonds. The number of nitroso groups, excluding NO2 is 1. The number of H-pyrrole nitrogens is 1. The van der Waals surface area contributed by atoms with E-state index in [0.717, 1.165) is 0 Å². The minimum Gasteiger partial charge on any atom is -0.494 e. The van der Waals surface area contributed by atoms with Gasteiger partial charge in [-0.1, -0.05) is 23.7 Å². The molecule has 13 heavy (non-hydrogen) atoms. The van der Waals surface area contributed by atoms with Crippen molar-refractivity contribution in [2.24, 2.45) is 5.18 Å². The minimum atomic E-state index is -0.129. The van der Waals surface area contributed by atoms with E-state index in [9.17, 15) is 10.0 Å². The highest BCUT2D eigenvalue weighted by Crippen LogP contribution is 2.37. The molecule has 2 aromatic rings. The first-order chi connectivity index (χ1) is 6.24. The van der Waals surface area contributed by atoms with Crippen molar-refractivity contribution in [3.05, 3.63) is 28.1 Å². The van der Waals surface area contributed by atoms with Crippen LogP contribution in [-0.4, -0.2) is 10.1 Å². The summed E-state index contributed by atoms with van der Waals surface area (Å²) < 4.78 is 0. The molecule has 2 N–H and O–H groups in total. The summed E-state index contributed by atoms with van der Waals surface area (Å²) >= 11 is 5.81. The Morgan fingerprint density at radius 1 is 1.46 bits per heavy atom. The smallest absolute Gasteiger partial charge is 0.199 e. The van der Waals surface area contributed by atoms with Crippen molar-refractivity contribution in [3.63, 3.8) is 0 Å². The zero-order valence-corrected chi connectivity index (χ0v) is 7.17. The van der Waals surface area contributed by atoms with Gasteiger partial charge in [0.05, 0.1) is 10.4 Å². The maximum atomic E-state index is 10.3. The lowest BCUT2D eigenvalue weighted by Gasteiger charge is -1.92. The van der Waals surface area contributed by atoms with Crippen LogP contribution in [0.15, 0.2) is 23.4 Å². The monoisotopic (exact) mass is 196 g/mol. The van der Waals surface area contributed by atoms with E-state index in [-0.39, 0.29) is 11.7 Å². The quantitative estimate of drug-likeness (QED) is 0.689. The number of rotatable bonds is 1. The molecular weight excluding hydrogens is 192 g/mol. The normalized spacial score (nSPS) is 10.5. The Morgan fingerprint density at radius 3 is 2.92 bits per heavy atom. The highest BCUT2D eigenvalue weighted by molar-refractivity contribution is 6.36.